The third-order valence-corrected chi connectivity index (χ3v) is 3.79. The molecule has 0 fully saturated rings. The summed E-state index contributed by atoms with van der Waals surface area (Å²) in [5.41, 5.74) is 0.863. The number of aliphatic carboxylic acids is 1. The minimum Gasteiger partial charge on any atom is -0.481 e. The molecule has 0 heterocycles. The predicted molar refractivity (Wildman–Crippen MR) is 80.1 cm³/mol. The minimum absolute atomic E-state index is 0.243. The van der Waals surface area contributed by atoms with E-state index < -0.39 is 11.9 Å². The molecule has 6 heteroatoms. The number of halogens is 1. The molecule has 1 aromatic rings. The van der Waals surface area contributed by atoms with Crippen molar-refractivity contribution < 1.29 is 14.7 Å². The van der Waals surface area contributed by atoms with Gasteiger partial charge in [-0.05, 0) is 18.1 Å². The van der Waals surface area contributed by atoms with Crippen LogP contribution in [-0.2, 0) is 11.3 Å². The Kier molecular flexibility index (Phi) is 4.85. The van der Waals surface area contributed by atoms with Crippen LogP contribution in [0.2, 0.25) is 5.02 Å². The monoisotopic (exact) mass is 308 g/mol. The molecular formula is C15H17ClN2O3. The normalized spacial score (nSPS) is 20.3. The van der Waals surface area contributed by atoms with Crippen molar-refractivity contribution in [2.24, 2.45) is 5.92 Å². The van der Waals surface area contributed by atoms with E-state index in [4.69, 9.17) is 16.7 Å². The van der Waals surface area contributed by atoms with Crippen LogP contribution in [0.4, 0.5) is 4.79 Å². The van der Waals surface area contributed by atoms with Gasteiger partial charge in [0.05, 0.1) is 12.0 Å². The highest BCUT2D eigenvalue weighted by atomic mass is 35.5. The molecule has 0 aliphatic heterocycles. The molecule has 1 aromatic carbocycles. The average molecular weight is 309 g/mol. The first-order chi connectivity index (χ1) is 9.97. The van der Waals surface area contributed by atoms with Gasteiger partial charge in [-0.3, -0.25) is 4.79 Å². The first kappa shape index (κ1) is 15.4. The van der Waals surface area contributed by atoms with Crippen LogP contribution in [0.15, 0.2) is 36.4 Å². The summed E-state index contributed by atoms with van der Waals surface area (Å²) in [5, 5.41) is 12.3. The van der Waals surface area contributed by atoms with Gasteiger partial charge in [0.25, 0.3) is 0 Å². The van der Waals surface area contributed by atoms with Crippen LogP contribution in [0, 0.1) is 5.92 Å². The lowest BCUT2D eigenvalue weighted by Crippen LogP contribution is -2.41. The molecule has 0 spiro atoms. The Morgan fingerprint density at radius 1 is 1.38 bits per heavy atom. The van der Waals surface area contributed by atoms with E-state index >= 15 is 0 Å². The molecule has 2 atom stereocenters. The van der Waals surface area contributed by atoms with Crippen molar-refractivity contribution in [1.29, 1.82) is 0 Å². The van der Waals surface area contributed by atoms with Gasteiger partial charge in [0.15, 0.2) is 0 Å². The lowest BCUT2D eigenvalue weighted by atomic mass is 10.1. The largest absolute Gasteiger partial charge is 0.481 e. The number of urea groups is 1. The molecule has 0 bridgehead atoms. The van der Waals surface area contributed by atoms with Crippen molar-refractivity contribution in [2.45, 2.75) is 19.0 Å². The van der Waals surface area contributed by atoms with Crippen LogP contribution >= 0.6 is 11.6 Å². The van der Waals surface area contributed by atoms with Crippen LogP contribution in [0.5, 0.6) is 0 Å². The zero-order valence-electron chi connectivity index (χ0n) is 11.6. The van der Waals surface area contributed by atoms with Gasteiger partial charge in [0.2, 0.25) is 0 Å². The van der Waals surface area contributed by atoms with Crippen LogP contribution in [0.25, 0.3) is 0 Å². The summed E-state index contributed by atoms with van der Waals surface area (Å²) in [6, 6.07) is 6.84. The van der Waals surface area contributed by atoms with E-state index in [1.165, 1.54) is 4.90 Å². The maximum absolute atomic E-state index is 12.1. The Bertz CT molecular complexity index is 574. The maximum atomic E-state index is 12.1. The predicted octanol–water partition coefficient (Wildman–Crippen LogP) is 2.51. The Hall–Kier alpha value is -2.01. The van der Waals surface area contributed by atoms with Gasteiger partial charge in [-0.25, -0.2) is 4.79 Å². The first-order valence-corrected chi connectivity index (χ1v) is 7.01. The van der Waals surface area contributed by atoms with Crippen LogP contribution in [-0.4, -0.2) is 35.1 Å². The molecule has 112 valence electrons. The number of carboxylic acid groups (broad SMARTS) is 1. The number of nitrogens with one attached hydrogen (secondary N) is 1. The van der Waals surface area contributed by atoms with Crippen molar-refractivity contribution in [3.8, 4) is 0 Å². The van der Waals surface area contributed by atoms with E-state index in [1.807, 2.05) is 18.2 Å². The molecule has 5 nitrogen and oxygen atoms in total. The van der Waals surface area contributed by atoms with Crippen LogP contribution < -0.4 is 5.32 Å². The number of carbonyl (C=O) groups excluding carboxylic acids is 1. The number of hydrogen-bond donors (Lipinski definition) is 2. The minimum atomic E-state index is -0.868. The number of carbonyl (C=O) groups is 2. The lowest BCUT2D eigenvalue weighted by molar-refractivity contribution is -0.140. The summed E-state index contributed by atoms with van der Waals surface area (Å²) < 4.78 is 0. The SMILES string of the molecule is CN(Cc1ccccc1Cl)C(=O)NC1C=CC(C(=O)O)C1. The molecule has 2 rings (SSSR count). The fourth-order valence-corrected chi connectivity index (χ4v) is 2.41. The van der Waals surface area contributed by atoms with Crippen molar-refractivity contribution in [2.75, 3.05) is 7.05 Å². The topological polar surface area (TPSA) is 69.6 Å². The molecule has 2 unspecified atom stereocenters. The zero-order chi connectivity index (χ0) is 15.4. The molecule has 0 saturated carbocycles. The summed E-state index contributed by atoms with van der Waals surface area (Å²) in [7, 11) is 1.67. The molecule has 1 aliphatic carbocycles. The number of benzene rings is 1. The number of amides is 2. The van der Waals surface area contributed by atoms with Gasteiger partial charge in [-0.1, -0.05) is 42.0 Å². The number of rotatable bonds is 4. The number of carboxylic acids is 1. The van der Waals surface area contributed by atoms with Gasteiger partial charge in [-0.2, -0.15) is 0 Å². The van der Waals surface area contributed by atoms with E-state index in [9.17, 15) is 9.59 Å². The Balaban J connectivity index is 1.88. The highest BCUT2D eigenvalue weighted by molar-refractivity contribution is 6.31. The third-order valence-electron chi connectivity index (χ3n) is 3.42. The van der Waals surface area contributed by atoms with Gasteiger partial charge in [-0.15, -0.1) is 0 Å². The summed E-state index contributed by atoms with van der Waals surface area (Å²) in [5.74, 6) is -1.39. The highest BCUT2D eigenvalue weighted by Crippen LogP contribution is 2.19. The van der Waals surface area contributed by atoms with E-state index in [0.29, 0.717) is 18.0 Å². The number of nitrogens with zero attached hydrogens (tertiary/aromatic N) is 1. The molecular weight excluding hydrogens is 292 g/mol. The molecule has 0 radical (unpaired) electrons. The molecule has 0 saturated heterocycles. The van der Waals surface area contributed by atoms with Crippen molar-refractivity contribution in [3.05, 3.63) is 47.0 Å². The quantitative estimate of drug-likeness (QED) is 0.840. The summed E-state index contributed by atoms with van der Waals surface area (Å²) in [4.78, 5) is 24.5. The van der Waals surface area contributed by atoms with Gasteiger partial charge in [0.1, 0.15) is 0 Å². The fourth-order valence-electron chi connectivity index (χ4n) is 2.21. The molecule has 21 heavy (non-hydrogen) atoms. The summed E-state index contributed by atoms with van der Waals surface area (Å²) in [6.45, 7) is 0.393. The molecule has 2 N–H and O–H groups in total. The van der Waals surface area contributed by atoms with E-state index in [1.54, 1.807) is 25.3 Å². The molecule has 2 amide bonds. The second-order valence-electron chi connectivity index (χ2n) is 5.07. The van der Waals surface area contributed by atoms with E-state index in [0.717, 1.165) is 5.56 Å². The maximum Gasteiger partial charge on any atom is 0.317 e. The zero-order valence-corrected chi connectivity index (χ0v) is 12.4. The molecule has 1 aliphatic rings. The van der Waals surface area contributed by atoms with Gasteiger partial charge in [0, 0.05) is 18.6 Å². The van der Waals surface area contributed by atoms with Crippen molar-refractivity contribution in [3.63, 3.8) is 0 Å². The molecule has 0 aromatic heterocycles. The van der Waals surface area contributed by atoms with Gasteiger partial charge < -0.3 is 15.3 Å². The van der Waals surface area contributed by atoms with Crippen LogP contribution in [0.1, 0.15) is 12.0 Å². The van der Waals surface area contributed by atoms with Crippen LogP contribution in [0.3, 0.4) is 0 Å². The lowest BCUT2D eigenvalue weighted by Gasteiger charge is -2.21. The van der Waals surface area contributed by atoms with E-state index in [2.05, 4.69) is 5.32 Å². The standard InChI is InChI=1S/C15H17ClN2O3/c1-18(9-11-4-2-3-5-13(11)16)15(21)17-12-7-6-10(8-12)14(19)20/h2-7,10,12H,8-9H2,1H3,(H,17,21)(H,19,20). The second-order valence-corrected chi connectivity index (χ2v) is 5.48. The Morgan fingerprint density at radius 2 is 2.10 bits per heavy atom. The number of hydrogen-bond acceptors (Lipinski definition) is 2. The summed E-state index contributed by atoms with van der Waals surface area (Å²) in [6.07, 6.45) is 3.72. The highest BCUT2D eigenvalue weighted by Gasteiger charge is 2.26. The Labute approximate surface area is 128 Å². The fraction of sp³-hybridized carbons (Fsp3) is 0.333. The second kappa shape index (κ2) is 6.63. The van der Waals surface area contributed by atoms with Gasteiger partial charge >= 0.3 is 12.0 Å². The first-order valence-electron chi connectivity index (χ1n) is 6.63. The van der Waals surface area contributed by atoms with Crippen molar-refractivity contribution in [1.82, 2.24) is 10.2 Å². The third kappa shape index (κ3) is 3.98. The van der Waals surface area contributed by atoms with Crippen molar-refractivity contribution >= 4 is 23.6 Å². The summed E-state index contributed by atoms with van der Waals surface area (Å²) >= 11 is 6.06. The average Bonchev–Trinajstić information content (AvgIpc) is 2.90. The smallest absolute Gasteiger partial charge is 0.317 e. The Morgan fingerprint density at radius 3 is 2.71 bits per heavy atom. The van der Waals surface area contributed by atoms with E-state index in [-0.39, 0.29) is 12.1 Å².